The molecule has 1 aromatic rings. The first kappa shape index (κ1) is 9.31. The molecule has 0 bridgehead atoms. The van der Waals surface area contributed by atoms with Gasteiger partial charge in [0, 0.05) is 6.04 Å². The second kappa shape index (κ2) is 3.48. The van der Waals surface area contributed by atoms with Crippen LogP contribution in [0.5, 0.6) is 0 Å². The Morgan fingerprint density at radius 2 is 2.36 bits per heavy atom. The Morgan fingerprint density at radius 3 is 2.86 bits per heavy atom. The zero-order valence-electron chi connectivity index (χ0n) is 8.95. The zero-order chi connectivity index (χ0) is 10.1. The van der Waals surface area contributed by atoms with Crippen LogP contribution in [-0.4, -0.2) is 16.7 Å². The zero-order valence-corrected chi connectivity index (χ0v) is 8.95. The van der Waals surface area contributed by atoms with E-state index in [2.05, 4.69) is 9.55 Å². The Labute approximate surface area is 83.7 Å². The summed E-state index contributed by atoms with van der Waals surface area (Å²) in [4.78, 5) is 4.37. The van der Waals surface area contributed by atoms with Gasteiger partial charge in [0.25, 0.3) is 0 Å². The van der Waals surface area contributed by atoms with Crippen LogP contribution in [0, 0.1) is 0 Å². The molecule has 1 saturated carbocycles. The molecular weight excluding hydrogens is 176 g/mol. The predicted molar refractivity (Wildman–Crippen MR) is 56.0 cm³/mol. The summed E-state index contributed by atoms with van der Waals surface area (Å²) in [5.74, 6) is 0.947. The monoisotopic (exact) mass is 192 g/mol. The van der Waals surface area contributed by atoms with Crippen LogP contribution in [0.1, 0.15) is 32.7 Å². The van der Waals surface area contributed by atoms with Crippen LogP contribution in [0.4, 0.5) is 0 Å². The van der Waals surface area contributed by atoms with Crippen LogP contribution in [-0.2, 0) is 4.74 Å². The van der Waals surface area contributed by atoms with Crippen LogP contribution in [0.2, 0.25) is 0 Å². The Hall–Kier alpha value is -1.25. The van der Waals surface area contributed by atoms with E-state index in [4.69, 9.17) is 4.74 Å². The Morgan fingerprint density at radius 1 is 1.64 bits per heavy atom. The molecule has 0 saturated heterocycles. The lowest BCUT2D eigenvalue weighted by Crippen LogP contribution is -2.32. The fourth-order valence-corrected chi connectivity index (χ4v) is 1.68. The molecule has 0 atom stereocenters. The standard InChI is InChI=1S/C11H16N2O/c1-4-10-11(8(2)14-3)13(7-12-10)9-5-6-9/h4,7,9H,5-6H2,1-3H3. The van der Waals surface area contributed by atoms with E-state index in [-0.39, 0.29) is 0 Å². The first-order valence-electron chi connectivity index (χ1n) is 5.02. The second-order valence-electron chi connectivity index (χ2n) is 3.67. The van der Waals surface area contributed by atoms with E-state index in [0.29, 0.717) is 6.04 Å². The molecule has 0 aliphatic heterocycles. The van der Waals surface area contributed by atoms with E-state index in [1.54, 1.807) is 7.11 Å². The Kier molecular flexibility index (Phi) is 2.32. The highest BCUT2D eigenvalue weighted by molar-refractivity contribution is 5.32. The number of nitrogens with zero attached hydrogens (tertiary/aromatic N) is 2. The van der Waals surface area contributed by atoms with Gasteiger partial charge < -0.3 is 9.30 Å². The third-order valence-electron chi connectivity index (χ3n) is 2.68. The fourth-order valence-electron chi connectivity index (χ4n) is 1.68. The average molecular weight is 192 g/mol. The topological polar surface area (TPSA) is 27.1 Å². The first-order chi connectivity index (χ1) is 6.77. The second-order valence-corrected chi connectivity index (χ2v) is 3.67. The van der Waals surface area contributed by atoms with Crippen molar-refractivity contribution >= 4 is 11.8 Å². The van der Waals surface area contributed by atoms with Crippen molar-refractivity contribution in [1.29, 1.82) is 0 Å². The number of ether oxygens (including phenoxy) is 1. The number of imidazole rings is 1. The fraction of sp³-hybridized carbons (Fsp3) is 0.545. The molecule has 0 aromatic carbocycles. The molecule has 0 N–H and O–H groups in total. The van der Waals surface area contributed by atoms with Gasteiger partial charge in [0.05, 0.1) is 18.8 Å². The van der Waals surface area contributed by atoms with Crippen molar-refractivity contribution in [2.45, 2.75) is 32.7 Å². The van der Waals surface area contributed by atoms with Gasteiger partial charge in [-0.15, -0.1) is 0 Å². The van der Waals surface area contributed by atoms with Gasteiger partial charge in [-0.3, -0.25) is 0 Å². The van der Waals surface area contributed by atoms with Gasteiger partial charge in [-0.2, -0.15) is 0 Å². The molecule has 0 spiro atoms. The maximum atomic E-state index is 5.29. The Bertz CT molecular complexity index is 440. The van der Waals surface area contributed by atoms with Gasteiger partial charge in [0.15, 0.2) is 0 Å². The molecule has 14 heavy (non-hydrogen) atoms. The van der Waals surface area contributed by atoms with Crippen LogP contribution in [0.15, 0.2) is 6.33 Å². The van der Waals surface area contributed by atoms with Crippen molar-refractivity contribution in [3.63, 3.8) is 0 Å². The number of methoxy groups -OCH3 is 1. The molecule has 1 fully saturated rings. The molecular formula is C11H16N2O. The smallest absolute Gasteiger partial charge is 0.118 e. The van der Waals surface area contributed by atoms with E-state index < -0.39 is 0 Å². The molecule has 1 aliphatic carbocycles. The largest absolute Gasteiger partial charge is 0.499 e. The van der Waals surface area contributed by atoms with Crippen LogP contribution in [0.25, 0.3) is 11.8 Å². The highest BCUT2D eigenvalue weighted by Gasteiger charge is 2.24. The molecule has 0 unspecified atom stereocenters. The highest BCUT2D eigenvalue weighted by atomic mass is 16.5. The van der Waals surface area contributed by atoms with E-state index >= 15 is 0 Å². The maximum Gasteiger partial charge on any atom is 0.118 e. The lowest BCUT2D eigenvalue weighted by molar-refractivity contribution is 0.357. The summed E-state index contributed by atoms with van der Waals surface area (Å²) >= 11 is 0. The van der Waals surface area contributed by atoms with Crippen molar-refractivity contribution in [3.8, 4) is 0 Å². The predicted octanol–water partition coefficient (Wildman–Crippen LogP) is 0.793. The summed E-state index contributed by atoms with van der Waals surface area (Å²) in [7, 11) is 1.71. The SMILES string of the molecule is CC=c1ncn(C2CC2)c1=C(C)OC. The number of hydrogen-bond donors (Lipinski definition) is 0. The van der Waals surface area contributed by atoms with E-state index in [9.17, 15) is 0 Å². The molecule has 3 nitrogen and oxygen atoms in total. The third-order valence-corrected chi connectivity index (χ3v) is 2.68. The van der Waals surface area contributed by atoms with Crippen molar-refractivity contribution in [2.24, 2.45) is 0 Å². The normalized spacial score (nSPS) is 19.8. The van der Waals surface area contributed by atoms with Gasteiger partial charge >= 0.3 is 0 Å². The molecule has 2 rings (SSSR count). The van der Waals surface area contributed by atoms with Crippen molar-refractivity contribution in [2.75, 3.05) is 7.11 Å². The molecule has 1 aromatic heterocycles. The molecule has 1 heterocycles. The minimum absolute atomic E-state index is 0.649. The molecule has 0 amide bonds. The van der Waals surface area contributed by atoms with Gasteiger partial charge in [0.1, 0.15) is 11.1 Å². The van der Waals surface area contributed by atoms with Crippen LogP contribution in [0.3, 0.4) is 0 Å². The minimum Gasteiger partial charge on any atom is -0.499 e. The van der Waals surface area contributed by atoms with Crippen molar-refractivity contribution in [3.05, 3.63) is 17.0 Å². The maximum absolute atomic E-state index is 5.29. The lowest BCUT2D eigenvalue weighted by atomic mass is 10.4. The highest BCUT2D eigenvalue weighted by Crippen LogP contribution is 2.32. The lowest BCUT2D eigenvalue weighted by Gasteiger charge is -2.02. The summed E-state index contributed by atoms with van der Waals surface area (Å²) in [5.41, 5.74) is 0. The quantitative estimate of drug-likeness (QED) is 0.693. The van der Waals surface area contributed by atoms with Crippen LogP contribution < -0.4 is 10.7 Å². The van der Waals surface area contributed by atoms with E-state index in [1.807, 2.05) is 26.3 Å². The molecule has 3 heteroatoms. The van der Waals surface area contributed by atoms with Gasteiger partial charge in [0.2, 0.25) is 0 Å². The minimum atomic E-state index is 0.649. The van der Waals surface area contributed by atoms with E-state index in [0.717, 1.165) is 16.5 Å². The molecule has 0 radical (unpaired) electrons. The Balaban J connectivity index is 2.69. The summed E-state index contributed by atoms with van der Waals surface area (Å²) in [6, 6.07) is 0.649. The number of aromatic nitrogens is 2. The summed E-state index contributed by atoms with van der Waals surface area (Å²) in [6.45, 7) is 3.99. The van der Waals surface area contributed by atoms with Gasteiger partial charge in [-0.25, -0.2) is 4.98 Å². The first-order valence-corrected chi connectivity index (χ1v) is 5.02. The number of rotatable bonds is 2. The van der Waals surface area contributed by atoms with Gasteiger partial charge in [-0.1, -0.05) is 6.08 Å². The van der Waals surface area contributed by atoms with Crippen LogP contribution >= 0.6 is 0 Å². The molecule has 1 aliphatic rings. The number of hydrogen-bond acceptors (Lipinski definition) is 2. The molecule has 76 valence electrons. The van der Waals surface area contributed by atoms with Crippen molar-refractivity contribution in [1.82, 2.24) is 9.55 Å². The van der Waals surface area contributed by atoms with Crippen molar-refractivity contribution < 1.29 is 4.74 Å². The van der Waals surface area contributed by atoms with E-state index in [1.165, 1.54) is 12.8 Å². The third kappa shape index (κ3) is 1.43. The summed E-state index contributed by atoms with van der Waals surface area (Å²) in [6.07, 6.45) is 6.48. The van der Waals surface area contributed by atoms with Gasteiger partial charge in [-0.05, 0) is 26.7 Å². The average Bonchev–Trinajstić information content (AvgIpc) is 2.96. The summed E-state index contributed by atoms with van der Waals surface area (Å²) in [5, 5.41) is 2.16. The summed E-state index contributed by atoms with van der Waals surface area (Å²) < 4.78 is 7.52.